The Hall–Kier alpha value is 0.100. The van der Waals surface area contributed by atoms with Crippen LogP contribution < -0.4 is 5.73 Å². The topological polar surface area (TPSA) is 26.0 Å². The van der Waals surface area contributed by atoms with Gasteiger partial charge in [-0.3, -0.25) is 0 Å². The van der Waals surface area contributed by atoms with Crippen LogP contribution in [0.5, 0.6) is 0 Å². The van der Waals surface area contributed by atoms with Crippen LogP contribution in [0.25, 0.3) is 0 Å². The van der Waals surface area contributed by atoms with Crippen molar-refractivity contribution >= 4 is 40.0 Å². The summed E-state index contributed by atoms with van der Waals surface area (Å²) in [5, 5.41) is 0. The van der Waals surface area contributed by atoms with Gasteiger partial charge < -0.3 is 5.73 Å². The first kappa shape index (κ1) is 12.2. The van der Waals surface area contributed by atoms with Gasteiger partial charge in [0.25, 0.3) is 0 Å². The van der Waals surface area contributed by atoms with Crippen molar-refractivity contribution in [3.05, 3.63) is 21.8 Å². The molecular weight excluding hydrogens is 305 g/mol. The van der Waals surface area contributed by atoms with Gasteiger partial charge in [0.15, 0.2) is 0 Å². The highest BCUT2D eigenvalue weighted by Crippen LogP contribution is 2.28. The van der Waals surface area contributed by atoms with Crippen LogP contribution in [-0.2, 0) is 0 Å². The van der Waals surface area contributed by atoms with Crippen molar-refractivity contribution in [2.75, 3.05) is 11.5 Å². The lowest BCUT2D eigenvalue weighted by atomic mass is 10.2. The first-order valence-corrected chi connectivity index (χ1v) is 6.87. The second kappa shape index (κ2) is 5.85. The van der Waals surface area contributed by atoms with Crippen LogP contribution in [0.1, 0.15) is 20.3 Å². The summed E-state index contributed by atoms with van der Waals surface area (Å²) in [4.78, 5) is 1.35. The molecule has 0 aliphatic rings. The molecule has 14 heavy (non-hydrogen) atoms. The van der Waals surface area contributed by atoms with E-state index in [1.807, 2.05) is 23.9 Å². The van der Waals surface area contributed by atoms with E-state index in [0.717, 1.165) is 11.6 Å². The maximum atomic E-state index is 5.70. The maximum absolute atomic E-state index is 5.70. The standard InChI is InChI=1S/C11H16INS/c1-3-8(2)7-14-11-5-4-9(13)6-10(11)12/h4-6,8H,3,7,13H2,1-2H3. The third kappa shape index (κ3) is 3.69. The molecule has 0 fully saturated rings. The number of hydrogen-bond donors (Lipinski definition) is 1. The van der Waals surface area contributed by atoms with E-state index in [1.54, 1.807) is 0 Å². The van der Waals surface area contributed by atoms with Gasteiger partial charge >= 0.3 is 0 Å². The van der Waals surface area contributed by atoms with Gasteiger partial charge in [0.2, 0.25) is 0 Å². The number of nitrogen functional groups attached to an aromatic ring is 1. The summed E-state index contributed by atoms with van der Waals surface area (Å²) in [7, 11) is 0. The smallest absolute Gasteiger partial charge is 0.0325 e. The molecule has 0 heterocycles. The highest BCUT2D eigenvalue weighted by Gasteiger charge is 2.03. The largest absolute Gasteiger partial charge is 0.399 e. The first-order chi connectivity index (χ1) is 6.63. The lowest BCUT2D eigenvalue weighted by Gasteiger charge is -2.09. The molecule has 1 rings (SSSR count). The van der Waals surface area contributed by atoms with E-state index < -0.39 is 0 Å². The number of rotatable bonds is 4. The Morgan fingerprint density at radius 2 is 2.21 bits per heavy atom. The zero-order valence-electron chi connectivity index (χ0n) is 8.59. The lowest BCUT2D eigenvalue weighted by Crippen LogP contribution is -1.96. The summed E-state index contributed by atoms with van der Waals surface area (Å²) in [5.41, 5.74) is 6.54. The van der Waals surface area contributed by atoms with Gasteiger partial charge in [-0.05, 0) is 46.7 Å². The molecule has 1 unspecified atom stereocenters. The molecule has 1 aromatic rings. The molecule has 1 aromatic carbocycles. The van der Waals surface area contributed by atoms with E-state index in [2.05, 4.69) is 42.5 Å². The summed E-state index contributed by atoms with van der Waals surface area (Å²) in [6.07, 6.45) is 1.25. The molecule has 0 saturated carbocycles. The van der Waals surface area contributed by atoms with E-state index >= 15 is 0 Å². The fourth-order valence-corrected chi connectivity index (χ4v) is 3.05. The van der Waals surface area contributed by atoms with Gasteiger partial charge in [0.1, 0.15) is 0 Å². The molecule has 0 aromatic heterocycles. The Morgan fingerprint density at radius 3 is 2.79 bits per heavy atom. The highest BCUT2D eigenvalue weighted by molar-refractivity contribution is 14.1. The fraction of sp³-hybridized carbons (Fsp3) is 0.455. The molecule has 78 valence electrons. The predicted molar refractivity (Wildman–Crippen MR) is 73.8 cm³/mol. The summed E-state index contributed by atoms with van der Waals surface area (Å²) >= 11 is 4.27. The van der Waals surface area contributed by atoms with E-state index in [1.165, 1.54) is 20.6 Å². The Kier molecular flexibility index (Phi) is 5.09. The van der Waals surface area contributed by atoms with Crippen molar-refractivity contribution in [1.29, 1.82) is 0 Å². The molecule has 0 amide bonds. The van der Waals surface area contributed by atoms with E-state index in [4.69, 9.17) is 5.73 Å². The van der Waals surface area contributed by atoms with E-state index in [9.17, 15) is 0 Å². The Balaban J connectivity index is 2.59. The Bertz CT molecular complexity index is 301. The fourth-order valence-electron chi connectivity index (χ4n) is 0.984. The number of anilines is 1. The molecule has 0 aliphatic heterocycles. The average molecular weight is 321 g/mol. The van der Waals surface area contributed by atoms with Gasteiger partial charge in [-0.2, -0.15) is 0 Å². The molecule has 0 radical (unpaired) electrons. The number of hydrogen-bond acceptors (Lipinski definition) is 2. The number of benzene rings is 1. The Morgan fingerprint density at radius 1 is 1.50 bits per heavy atom. The predicted octanol–water partition coefficient (Wildman–Crippen LogP) is 4.01. The molecule has 0 spiro atoms. The van der Waals surface area contributed by atoms with Crippen molar-refractivity contribution in [2.24, 2.45) is 5.92 Å². The molecule has 0 aliphatic carbocycles. The zero-order valence-corrected chi connectivity index (χ0v) is 11.6. The molecule has 1 atom stereocenters. The molecule has 0 bridgehead atoms. The van der Waals surface area contributed by atoms with E-state index in [0.29, 0.717) is 0 Å². The van der Waals surface area contributed by atoms with Gasteiger partial charge in [0.05, 0.1) is 0 Å². The molecule has 3 heteroatoms. The number of nitrogens with two attached hydrogens (primary N) is 1. The third-order valence-electron chi connectivity index (χ3n) is 2.18. The summed E-state index contributed by atoms with van der Waals surface area (Å²) in [6, 6.07) is 6.12. The molecule has 2 N–H and O–H groups in total. The van der Waals surface area contributed by atoms with Crippen LogP contribution in [0.2, 0.25) is 0 Å². The van der Waals surface area contributed by atoms with Crippen LogP contribution in [0.3, 0.4) is 0 Å². The minimum absolute atomic E-state index is 0.786. The average Bonchev–Trinajstić information content (AvgIpc) is 2.16. The van der Waals surface area contributed by atoms with Gasteiger partial charge in [0, 0.05) is 19.9 Å². The monoisotopic (exact) mass is 321 g/mol. The van der Waals surface area contributed by atoms with Crippen molar-refractivity contribution in [2.45, 2.75) is 25.2 Å². The second-order valence-corrected chi connectivity index (χ2v) is 5.74. The molecule has 0 saturated heterocycles. The number of thioether (sulfide) groups is 1. The minimum Gasteiger partial charge on any atom is -0.399 e. The Labute approximate surface area is 104 Å². The van der Waals surface area contributed by atoms with Crippen molar-refractivity contribution < 1.29 is 0 Å². The van der Waals surface area contributed by atoms with Crippen LogP contribution >= 0.6 is 34.4 Å². The minimum atomic E-state index is 0.786. The van der Waals surface area contributed by atoms with Crippen LogP contribution in [0.4, 0.5) is 5.69 Å². The molecule has 1 nitrogen and oxygen atoms in total. The summed E-state index contributed by atoms with van der Waals surface area (Å²) in [5.74, 6) is 1.98. The first-order valence-electron chi connectivity index (χ1n) is 4.81. The quantitative estimate of drug-likeness (QED) is 0.515. The van der Waals surface area contributed by atoms with Gasteiger partial charge in [-0.25, -0.2) is 0 Å². The SMILES string of the molecule is CCC(C)CSc1ccc(N)cc1I. The van der Waals surface area contributed by atoms with Crippen LogP contribution in [-0.4, -0.2) is 5.75 Å². The summed E-state index contributed by atoms with van der Waals surface area (Å²) < 4.78 is 1.26. The highest BCUT2D eigenvalue weighted by atomic mass is 127. The van der Waals surface area contributed by atoms with Crippen molar-refractivity contribution in [1.82, 2.24) is 0 Å². The van der Waals surface area contributed by atoms with E-state index in [-0.39, 0.29) is 0 Å². The summed E-state index contributed by atoms with van der Waals surface area (Å²) in [6.45, 7) is 4.52. The number of halogens is 1. The molecular formula is C11H16INS. The van der Waals surface area contributed by atoms with Crippen molar-refractivity contribution in [3.8, 4) is 0 Å². The normalized spacial score (nSPS) is 12.8. The zero-order chi connectivity index (χ0) is 10.6. The lowest BCUT2D eigenvalue weighted by molar-refractivity contribution is 0.637. The van der Waals surface area contributed by atoms with Gasteiger partial charge in [-0.15, -0.1) is 11.8 Å². The van der Waals surface area contributed by atoms with Gasteiger partial charge in [-0.1, -0.05) is 20.3 Å². The third-order valence-corrected chi connectivity index (χ3v) is 4.84. The van der Waals surface area contributed by atoms with Crippen LogP contribution in [0, 0.1) is 9.49 Å². The second-order valence-electron chi connectivity index (χ2n) is 3.51. The van der Waals surface area contributed by atoms with Crippen LogP contribution in [0.15, 0.2) is 23.1 Å². The van der Waals surface area contributed by atoms with Crippen molar-refractivity contribution in [3.63, 3.8) is 0 Å². The maximum Gasteiger partial charge on any atom is 0.0325 e.